The van der Waals surface area contributed by atoms with Gasteiger partial charge in [0.2, 0.25) is 0 Å². The molecular formula is C11H9IN6. The molecule has 1 aromatic carbocycles. The van der Waals surface area contributed by atoms with Crippen molar-refractivity contribution in [2.45, 2.75) is 6.92 Å². The minimum atomic E-state index is 0.683. The Labute approximate surface area is 117 Å². The van der Waals surface area contributed by atoms with E-state index in [1.54, 1.807) is 10.9 Å². The maximum atomic E-state index is 4.06. The molecule has 0 aliphatic rings. The van der Waals surface area contributed by atoms with Gasteiger partial charge in [-0.25, -0.2) is 0 Å². The van der Waals surface area contributed by atoms with Gasteiger partial charge in [-0.2, -0.15) is 9.78 Å². The van der Waals surface area contributed by atoms with Gasteiger partial charge in [0.05, 0.1) is 17.4 Å². The van der Waals surface area contributed by atoms with Gasteiger partial charge in [0.1, 0.15) is 0 Å². The number of tetrazole rings is 1. The number of hydrogen-bond donors (Lipinski definition) is 1. The Hall–Kier alpha value is -1.77. The van der Waals surface area contributed by atoms with Gasteiger partial charge in [0, 0.05) is 9.26 Å². The summed E-state index contributed by atoms with van der Waals surface area (Å²) in [6, 6.07) is 8.00. The van der Waals surface area contributed by atoms with Gasteiger partial charge in [0.25, 0.3) is 0 Å². The number of aryl methyl sites for hydroxylation is 1. The lowest BCUT2D eigenvalue weighted by Gasteiger charge is -2.03. The van der Waals surface area contributed by atoms with Crippen molar-refractivity contribution >= 4 is 22.6 Å². The monoisotopic (exact) mass is 352 g/mol. The van der Waals surface area contributed by atoms with Crippen LogP contribution >= 0.6 is 22.6 Å². The molecule has 0 fully saturated rings. The molecule has 90 valence electrons. The summed E-state index contributed by atoms with van der Waals surface area (Å²) in [7, 11) is 0. The van der Waals surface area contributed by atoms with E-state index in [4.69, 9.17) is 0 Å². The van der Waals surface area contributed by atoms with Gasteiger partial charge in [-0.15, -0.1) is 5.10 Å². The second-order valence-corrected chi connectivity index (χ2v) is 5.05. The van der Waals surface area contributed by atoms with Crippen LogP contribution in [0.15, 0.2) is 30.5 Å². The molecule has 0 saturated carbocycles. The van der Waals surface area contributed by atoms with Crippen molar-refractivity contribution in [2.75, 3.05) is 0 Å². The molecule has 0 atom stereocenters. The van der Waals surface area contributed by atoms with Crippen molar-refractivity contribution in [1.82, 2.24) is 30.4 Å². The first-order valence-corrected chi connectivity index (χ1v) is 6.38. The third kappa shape index (κ3) is 1.90. The molecule has 0 amide bonds. The Morgan fingerprint density at radius 1 is 1.22 bits per heavy atom. The van der Waals surface area contributed by atoms with Crippen LogP contribution in [0.5, 0.6) is 0 Å². The van der Waals surface area contributed by atoms with Crippen molar-refractivity contribution < 1.29 is 0 Å². The van der Waals surface area contributed by atoms with Gasteiger partial charge in [-0.3, -0.25) is 5.10 Å². The minimum absolute atomic E-state index is 0.683. The van der Waals surface area contributed by atoms with Crippen LogP contribution in [0, 0.1) is 10.5 Å². The fourth-order valence-electron chi connectivity index (χ4n) is 1.69. The highest BCUT2D eigenvalue weighted by atomic mass is 127. The summed E-state index contributed by atoms with van der Waals surface area (Å²) < 4.78 is 2.87. The average Bonchev–Trinajstić information content (AvgIpc) is 2.98. The predicted octanol–water partition coefficient (Wildman–Crippen LogP) is 1.97. The maximum Gasteiger partial charge on any atom is 0.190 e. The summed E-state index contributed by atoms with van der Waals surface area (Å²) in [5, 5.41) is 18.7. The van der Waals surface area contributed by atoms with Gasteiger partial charge >= 0.3 is 0 Å². The largest absolute Gasteiger partial charge is 0.282 e. The first kappa shape index (κ1) is 11.3. The number of benzene rings is 1. The molecule has 3 rings (SSSR count). The Bertz CT molecular complexity index is 669. The number of hydrogen-bond acceptors (Lipinski definition) is 4. The van der Waals surface area contributed by atoms with Gasteiger partial charge < -0.3 is 0 Å². The molecule has 0 spiro atoms. The normalized spacial score (nSPS) is 10.8. The van der Waals surface area contributed by atoms with Crippen LogP contribution in [0.25, 0.3) is 17.1 Å². The summed E-state index contributed by atoms with van der Waals surface area (Å²) in [5.74, 6) is 0.683. The summed E-state index contributed by atoms with van der Waals surface area (Å²) >= 11 is 2.26. The zero-order valence-corrected chi connectivity index (χ0v) is 11.7. The number of aromatic nitrogens is 6. The van der Waals surface area contributed by atoms with Crippen LogP contribution in [0.2, 0.25) is 0 Å². The van der Waals surface area contributed by atoms with Crippen LogP contribution in [-0.2, 0) is 0 Å². The molecular weight excluding hydrogens is 343 g/mol. The molecule has 7 heteroatoms. The highest BCUT2D eigenvalue weighted by Crippen LogP contribution is 2.21. The fourth-order valence-corrected chi connectivity index (χ4v) is 2.05. The average molecular weight is 352 g/mol. The van der Waals surface area contributed by atoms with Gasteiger partial charge in [-0.1, -0.05) is 0 Å². The molecule has 6 nitrogen and oxygen atoms in total. The van der Waals surface area contributed by atoms with Crippen LogP contribution < -0.4 is 0 Å². The standard InChI is InChI=1S/C11H9IN6/c1-7-10(6-13-14-7)11-15-16-17-18(11)9-4-2-8(12)3-5-9/h2-6H,1H3,(H,13,14). The van der Waals surface area contributed by atoms with E-state index in [9.17, 15) is 0 Å². The molecule has 0 bridgehead atoms. The van der Waals surface area contributed by atoms with E-state index in [0.717, 1.165) is 16.9 Å². The van der Waals surface area contributed by atoms with Crippen LogP contribution in [0.3, 0.4) is 0 Å². The van der Waals surface area contributed by atoms with E-state index in [1.807, 2.05) is 31.2 Å². The summed E-state index contributed by atoms with van der Waals surface area (Å²) in [4.78, 5) is 0. The smallest absolute Gasteiger partial charge is 0.190 e. The van der Waals surface area contributed by atoms with E-state index < -0.39 is 0 Å². The fraction of sp³-hybridized carbons (Fsp3) is 0.0909. The molecule has 0 aliphatic carbocycles. The molecule has 18 heavy (non-hydrogen) atoms. The second-order valence-electron chi connectivity index (χ2n) is 3.80. The number of H-pyrrole nitrogens is 1. The summed E-state index contributed by atoms with van der Waals surface area (Å²) in [6.07, 6.45) is 1.73. The quantitative estimate of drug-likeness (QED) is 0.716. The minimum Gasteiger partial charge on any atom is -0.282 e. The Balaban J connectivity index is 2.12. The Morgan fingerprint density at radius 3 is 2.67 bits per heavy atom. The highest BCUT2D eigenvalue weighted by molar-refractivity contribution is 14.1. The lowest BCUT2D eigenvalue weighted by atomic mass is 10.2. The summed E-state index contributed by atoms with van der Waals surface area (Å²) in [5.41, 5.74) is 2.77. The van der Waals surface area contributed by atoms with Gasteiger partial charge in [-0.05, 0) is 64.2 Å². The molecule has 1 N–H and O–H groups in total. The number of halogens is 1. The summed E-state index contributed by atoms with van der Waals surface area (Å²) in [6.45, 7) is 1.94. The topological polar surface area (TPSA) is 72.3 Å². The second kappa shape index (κ2) is 4.48. The zero-order chi connectivity index (χ0) is 12.5. The Kier molecular flexibility index (Phi) is 2.82. The van der Waals surface area contributed by atoms with Crippen LogP contribution in [0.1, 0.15) is 5.69 Å². The molecule has 0 radical (unpaired) electrons. The lowest BCUT2D eigenvalue weighted by Crippen LogP contribution is -2.00. The van der Waals surface area contributed by atoms with E-state index in [1.165, 1.54) is 3.57 Å². The predicted molar refractivity (Wildman–Crippen MR) is 74.2 cm³/mol. The van der Waals surface area contributed by atoms with E-state index in [-0.39, 0.29) is 0 Å². The molecule has 0 unspecified atom stereocenters. The highest BCUT2D eigenvalue weighted by Gasteiger charge is 2.13. The Morgan fingerprint density at radius 2 is 2.00 bits per heavy atom. The number of rotatable bonds is 2. The molecule has 2 heterocycles. The van der Waals surface area contributed by atoms with Crippen molar-refractivity contribution in [3.63, 3.8) is 0 Å². The van der Waals surface area contributed by atoms with Crippen LogP contribution in [0.4, 0.5) is 0 Å². The van der Waals surface area contributed by atoms with Crippen molar-refractivity contribution in [1.29, 1.82) is 0 Å². The zero-order valence-electron chi connectivity index (χ0n) is 9.50. The number of nitrogens with zero attached hydrogens (tertiary/aromatic N) is 5. The maximum absolute atomic E-state index is 4.06. The van der Waals surface area contributed by atoms with Gasteiger partial charge in [0.15, 0.2) is 5.82 Å². The van der Waals surface area contributed by atoms with Crippen molar-refractivity contribution in [3.05, 3.63) is 39.7 Å². The van der Waals surface area contributed by atoms with Crippen molar-refractivity contribution in [2.24, 2.45) is 0 Å². The van der Waals surface area contributed by atoms with E-state index in [2.05, 4.69) is 48.3 Å². The molecule has 2 aromatic heterocycles. The third-order valence-electron chi connectivity index (χ3n) is 2.61. The van der Waals surface area contributed by atoms with E-state index >= 15 is 0 Å². The first-order valence-electron chi connectivity index (χ1n) is 5.30. The molecule has 3 aromatic rings. The lowest BCUT2D eigenvalue weighted by molar-refractivity contribution is 0.791. The van der Waals surface area contributed by atoms with Crippen LogP contribution in [-0.4, -0.2) is 30.4 Å². The molecule has 0 aliphatic heterocycles. The number of nitrogens with one attached hydrogen (secondary N) is 1. The SMILES string of the molecule is Cc1[nH]ncc1-c1nnnn1-c1ccc(I)cc1. The number of aromatic amines is 1. The first-order chi connectivity index (χ1) is 8.75. The third-order valence-corrected chi connectivity index (χ3v) is 3.33. The van der Waals surface area contributed by atoms with Crippen molar-refractivity contribution in [3.8, 4) is 17.1 Å². The van der Waals surface area contributed by atoms with E-state index in [0.29, 0.717) is 5.82 Å². The molecule has 0 saturated heterocycles.